The molecule has 0 bridgehead atoms. The molecule has 0 aliphatic carbocycles. The van der Waals surface area contributed by atoms with Crippen LogP contribution in [0.5, 0.6) is 0 Å². The van der Waals surface area contributed by atoms with E-state index in [-0.39, 0.29) is 30.4 Å². The molecule has 122 valence electrons. The van der Waals surface area contributed by atoms with E-state index in [1.165, 1.54) is 17.0 Å². The average Bonchev–Trinajstić information content (AvgIpc) is 2.34. The molecule has 1 saturated heterocycles. The third-order valence-corrected chi connectivity index (χ3v) is 4.97. The maximum Gasteiger partial charge on any atom is 0.408 e. The van der Waals surface area contributed by atoms with Gasteiger partial charge in [0, 0.05) is 35.1 Å². The lowest BCUT2D eigenvalue weighted by Gasteiger charge is -2.36. The first-order chi connectivity index (χ1) is 8.89. The highest BCUT2D eigenvalue weighted by Gasteiger charge is 2.44. The standard InChI is InChI=1S/C12H13Br2F3N2.2ClH/c13-9-2-1-8(7-10(9)14)11(12(15,16)17)19-5-3-18-4-6-19;;/h1-2,7,11,18H,3-6H2;2*1H/t11-;;/m1../s1. The van der Waals surface area contributed by atoms with Crippen molar-refractivity contribution in [1.82, 2.24) is 10.2 Å². The van der Waals surface area contributed by atoms with Crippen LogP contribution in [0.25, 0.3) is 0 Å². The van der Waals surface area contributed by atoms with Crippen molar-refractivity contribution in [2.75, 3.05) is 26.2 Å². The average molecular weight is 475 g/mol. The Bertz CT molecular complexity index is 455. The van der Waals surface area contributed by atoms with Crippen LogP contribution in [0.15, 0.2) is 27.1 Å². The maximum atomic E-state index is 13.3. The van der Waals surface area contributed by atoms with Crippen LogP contribution in [0, 0.1) is 0 Å². The molecule has 1 N–H and O–H groups in total. The van der Waals surface area contributed by atoms with Crippen molar-refractivity contribution >= 4 is 56.7 Å². The highest BCUT2D eigenvalue weighted by Crippen LogP contribution is 2.39. The Hall–Kier alpha value is 0.470. The number of nitrogens with one attached hydrogen (secondary N) is 1. The molecule has 0 saturated carbocycles. The zero-order valence-corrected chi connectivity index (χ0v) is 15.6. The van der Waals surface area contributed by atoms with E-state index < -0.39 is 12.2 Å². The molecule has 1 aromatic rings. The molecule has 0 spiro atoms. The Morgan fingerprint density at radius 1 is 1.05 bits per heavy atom. The third-order valence-electron chi connectivity index (χ3n) is 3.09. The summed E-state index contributed by atoms with van der Waals surface area (Å²) in [6.07, 6.45) is -4.27. The monoisotopic (exact) mass is 472 g/mol. The van der Waals surface area contributed by atoms with Gasteiger partial charge in [-0.3, -0.25) is 4.90 Å². The minimum absolute atomic E-state index is 0. The van der Waals surface area contributed by atoms with E-state index in [0.29, 0.717) is 30.7 Å². The quantitative estimate of drug-likeness (QED) is 0.676. The minimum atomic E-state index is -4.27. The molecular weight excluding hydrogens is 460 g/mol. The van der Waals surface area contributed by atoms with Crippen LogP contribution < -0.4 is 5.32 Å². The van der Waals surface area contributed by atoms with Gasteiger partial charge in [0.2, 0.25) is 0 Å². The van der Waals surface area contributed by atoms with Gasteiger partial charge in [0.1, 0.15) is 6.04 Å². The molecule has 0 aromatic heterocycles. The van der Waals surface area contributed by atoms with Crippen LogP contribution >= 0.6 is 56.7 Å². The van der Waals surface area contributed by atoms with Crippen molar-refractivity contribution in [2.45, 2.75) is 12.2 Å². The second kappa shape index (κ2) is 8.93. The first-order valence-electron chi connectivity index (χ1n) is 5.86. The number of hydrogen-bond acceptors (Lipinski definition) is 2. The molecule has 1 aliphatic rings. The Morgan fingerprint density at radius 3 is 2.10 bits per heavy atom. The van der Waals surface area contributed by atoms with Gasteiger partial charge in [0.15, 0.2) is 0 Å². The zero-order chi connectivity index (χ0) is 14.0. The molecule has 1 heterocycles. The summed E-state index contributed by atoms with van der Waals surface area (Å²) in [6.45, 7) is 1.98. The van der Waals surface area contributed by atoms with Crippen LogP contribution in [0.1, 0.15) is 11.6 Å². The van der Waals surface area contributed by atoms with Crippen molar-refractivity contribution < 1.29 is 13.2 Å². The number of piperazine rings is 1. The van der Waals surface area contributed by atoms with Crippen LogP contribution in [0.4, 0.5) is 13.2 Å². The lowest BCUT2D eigenvalue weighted by atomic mass is 10.0. The SMILES string of the molecule is Cl.Cl.FC(F)(F)[C@@H](c1ccc(Br)c(Br)c1)N1CCNCC1. The molecule has 1 atom stereocenters. The van der Waals surface area contributed by atoms with Gasteiger partial charge in [-0.25, -0.2) is 0 Å². The molecule has 21 heavy (non-hydrogen) atoms. The van der Waals surface area contributed by atoms with E-state index in [1.807, 2.05) is 0 Å². The molecule has 9 heteroatoms. The van der Waals surface area contributed by atoms with Gasteiger partial charge in [0.05, 0.1) is 0 Å². The molecule has 1 fully saturated rings. The number of hydrogen-bond donors (Lipinski definition) is 1. The molecule has 1 aromatic carbocycles. The molecule has 1 aliphatic heterocycles. The van der Waals surface area contributed by atoms with Crippen LogP contribution in [-0.4, -0.2) is 37.3 Å². The fourth-order valence-corrected chi connectivity index (χ4v) is 2.87. The van der Waals surface area contributed by atoms with Gasteiger partial charge in [-0.1, -0.05) is 6.07 Å². The number of halogens is 7. The number of rotatable bonds is 2. The van der Waals surface area contributed by atoms with Crippen molar-refractivity contribution in [1.29, 1.82) is 0 Å². The zero-order valence-electron chi connectivity index (χ0n) is 10.8. The fourth-order valence-electron chi connectivity index (χ4n) is 2.23. The number of nitrogens with zero attached hydrogens (tertiary/aromatic N) is 1. The van der Waals surface area contributed by atoms with Crippen molar-refractivity contribution in [3.63, 3.8) is 0 Å². The van der Waals surface area contributed by atoms with Crippen LogP contribution in [-0.2, 0) is 0 Å². The summed E-state index contributed by atoms with van der Waals surface area (Å²) in [7, 11) is 0. The van der Waals surface area contributed by atoms with E-state index in [9.17, 15) is 13.2 Å². The summed E-state index contributed by atoms with van der Waals surface area (Å²) < 4.78 is 41.4. The first-order valence-corrected chi connectivity index (χ1v) is 7.44. The summed E-state index contributed by atoms with van der Waals surface area (Å²) in [5, 5.41) is 3.07. The van der Waals surface area contributed by atoms with Gasteiger partial charge in [-0.2, -0.15) is 13.2 Å². The largest absolute Gasteiger partial charge is 0.408 e. The minimum Gasteiger partial charge on any atom is -0.314 e. The van der Waals surface area contributed by atoms with Crippen molar-refractivity contribution in [2.24, 2.45) is 0 Å². The highest BCUT2D eigenvalue weighted by atomic mass is 79.9. The third kappa shape index (κ3) is 5.55. The van der Waals surface area contributed by atoms with Gasteiger partial charge in [-0.15, -0.1) is 24.8 Å². The van der Waals surface area contributed by atoms with Crippen molar-refractivity contribution in [3.05, 3.63) is 32.7 Å². The van der Waals surface area contributed by atoms with E-state index in [0.717, 1.165) is 4.47 Å². The Labute approximate surface area is 150 Å². The van der Waals surface area contributed by atoms with E-state index in [2.05, 4.69) is 37.2 Å². The normalized spacial score (nSPS) is 17.6. The van der Waals surface area contributed by atoms with Gasteiger partial charge in [0.25, 0.3) is 0 Å². The first kappa shape index (κ1) is 21.5. The van der Waals surface area contributed by atoms with Crippen LogP contribution in [0.3, 0.4) is 0 Å². The number of benzene rings is 1. The predicted octanol–water partition coefficient (Wildman–Crippen LogP) is 4.56. The van der Waals surface area contributed by atoms with Crippen molar-refractivity contribution in [3.8, 4) is 0 Å². The smallest absolute Gasteiger partial charge is 0.314 e. The summed E-state index contributed by atoms with van der Waals surface area (Å²) >= 11 is 6.53. The molecule has 2 rings (SSSR count). The van der Waals surface area contributed by atoms with Crippen LogP contribution in [0.2, 0.25) is 0 Å². The summed E-state index contributed by atoms with van der Waals surface area (Å²) in [6, 6.07) is 3.15. The van der Waals surface area contributed by atoms with E-state index in [4.69, 9.17) is 0 Å². The summed E-state index contributed by atoms with van der Waals surface area (Å²) in [5.74, 6) is 0. The van der Waals surface area contributed by atoms with Gasteiger partial charge < -0.3 is 5.32 Å². The lowest BCUT2D eigenvalue weighted by Crippen LogP contribution is -2.49. The molecular formula is C12H15Br2Cl2F3N2. The second-order valence-electron chi connectivity index (χ2n) is 4.40. The topological polar surface area (TPSA) is 15.3 Å². The number of alkyl halides is 3. The fraction of sp³-hybridized carbons (Fsp3) is 0.500. The molecule has 0 radical (unpaired) electrons. The van der Waals surface area contributed by atoms with Gasteiger partial charge >= 0.3 is 6.18 Å². The molecule has 2 nitrogen and oxygen atoms in total. The molecule has 0 unspecified atom stereocenters. The Balaban J connectivity index is 0.00000200. The van der Waals surface area contributed by atoms with E-state index >= 15 is 0 Å². The maximum absolute atomic E-state index is 13.3. The van der Waals surface area contributed by atoms with Gasteiger partial charge in [-0.05, 0) is 49.6 Å². The Kier molecular flexibility index (Phi) is 9.13. The summed E-state index contributed by atoms with van der Waals surface area (Å²) in [5.41, 5.74) is 0.268. The lowest BCUT2D eigenvalue weighted by molar-refractivity contribution is -0.187. The second-order valence-corrected chi connectivity index (χ2v) is 6.11. The van der Waals surface area contributed by atoms with E-state index in [1.54, 1.807) is 6.07 Å². The Morgan fingerprint density at radius 2 is 1.62 bits per heavy atom. The summed E-state index contributed by atoms with van der Waals surface area (Å²) in [4.78, 5) is 1.48. The predicted molar refractivity (Wildman–Crippen MR) is 89.6 cm³/mol. The highest BCUT2D eigenvalue weighted by molar-refractivity contribution is 9.13. The molecule has 0 amide bonds.